The number of rotatable bonds is 3. The predicted octanol–water partition coefficient (Wildman–Crippen LogP) is 1.99. The Balaban J connectivity index is 2.77. The van der Waals surface area contributed by atoms with Crippen LogP contribution in [0.1, 0.15) is 19.8 Å². The highest BCUT2D eigenvalue weighted by molar-refractivity contribution is 5.85. The number of likely N-dealkylation sites (tertiary alicyclic amines) is 1. The number of carbonyl (C=O) groups excluding carboxylic acids is 2. The van der Waals surface area contributed by atoms with Crippen molar-refractivity contribution in [2.45, 2.75) is 31.9 Å². The molecule has 0 aromatic heterocycles. The van der Waals surface area contributed by atoms with Gasteiger partial charge in [-0.05, 0) is 19.8 Å². The SMILES string of the molecule is CCOC(=O)[C@H]1CCCN(C(=O)C(F)(F)C(F)(F)F)C1. The van der Waals surface area contributed by atoms with Crippen molar-refractivity contribution in [1.82, 2.24) is 4.90 Å². The standard InChI is InChI=1S/C11H14F5NO3/c1-2-20-8(18)7-4-3-5-17(6-7)9(19)10(12,13)11(14,15)16/h7H,2-6H2,1H3/t7-/m0/s1. The third kappa shape index (κ3) is 3.37. The van der Waals surface area contributed by atoms with Crippen LogP contribution in [0.2, 0.25) is 0 Å². The maximum absolute atomic E-state index is 13.0. The highest BCUT2D eigenvalue weighted by Crippen LogP contribution is 2.37. The fraction of sp³-hybridized carbons (Fsp3) is 0.818. The zero-order chi connectivity index (χ0) is 15.6. The van der Waals surface area contributed by atoms with E-state index < -0.39 is 36.4 Å². The van der Waals surface area contributed by atoms with E-state index in [0.717, 1.165) is 0 Å². The van der Waals surface area contributed by atoms with E-state index >= 15 is 0 Å². The molecule has 1 amide bonds. The predicted molar refractivity (Wildman–Crippen MR) is 56.9 cm³/mol. The van der Waals surface area contributed by atoms with Gasteiger partial charge in [0.05, 0.1) is 12.5 Å². The summed E-state index contributed by atoms with van der Waals surface area (Å²) in [6.45, 7) is 0.896. The lowest BCUT2D eigenvalue weighted by Crippen LogP contribution is -2.55. The van der Waals surface area contributed by atoms with E-state index in [0.29, 0.717) is 11.3 Å². The van der Waals surface area contributed by atoms with Gasteiger partial charge in [0.15, 0.2) is 0 Å². The molecular weight excluding hydrogens is 289 g/mol. The van der Waals surface area contributed by atoms with Crippen molar-refractivity contribution in [2.75, 3.05) is 19.7 Å². The number of alkyl halides is 5. The number of esters is 1. The smallest absolute Gasteiger partial charge is 0.463 e. The third-order valence-electron chi connectivity index (χ3n) is 2.95. The van der Waals surface area contributed by atoms with Gasteiger partial charge < -0.3 is 9.64 Å². The molecule has 0 spiro atoms. The quantitative estimate of drug-likeness (QED) is 0.592. The summed E-state index contributed by atoms with van der Waals surface area (Å²) in [4.78, 5) is 23.1. The normalized spacial score (nSPS) is 20.7. The summed E-state index contributed by atoms with van der Waals surface area (Å²) in [6, 6.07) is 0. The Labute approximate surface area is 111 Å². The number of hydrogen-bond acceptors (Lipinski definition) is 3. The molecule has 0 aromatic carbocycles. The Morgan fingerprint density at radius 1 is 1.25 bits per heavy atom. The molecule has 0 bridgehead atoms. The number of ether oxygens (including phenoxy) is 1. The summed E-state index contributed by atoms with van der Waals surface area (Å²) in [6.07, 6.45) is -5.48. The van der Waals surface area contributed by atoms with Gasteiger partial charge in [0.25, 0.3) is 0 Å². The topological polar surface area (TPSA) is 46.6 Å². The Morgan fingerprint density at radius 2 is 1.85 bits per heavy atom. The number of halogens is 5. The Hall–Kier alpha value is -1.41. The van der Waals surface area contributed by atoms with Crippen molar-refractivity contribution >= 4 is 11.9 Å². The van der Waals surface area contributed by atoms with Crippen LogP contribution < -0.4 is 0 Å². The van der Waals surface area contributed by atoms with Crippen molar-refractivity contribution in [1.29, 1.82) is 0 Å². The highest BCUT2D eigenvalue weighted by Gasteiger charge is 2.64. The van der Waals surface area contributed by atoms with E-state index in [9.17, 15) is 31.5 Å². The number of nitrogens with zero attached hydrogens (tertiary/aromatic N) is 1. The third-order valence-corrected chi connectivity index (χ3v) is 2.95. The molecule has 1 heterocycles. The van der Waals surface area contributed by atoms with Gasteiger partial charge in [-0.1, -0.05) is 0 Å². The fourth-order valence-electron chi connectivity index (χ4n) is 1.93. The average Bonchev–Trinajstić information content (AvgIpc) is 2.37. The summed E-state index contributed by atoms with van der Waals surface area (Å²) < 4.78 is 67.0. The minimum absolute atomic E-state index is 0.0714. The van der Waals surface area contributed by atoms with Gasteiger partial charge in [0.1, 0.15) is 0 Å². The van der Waals surface area contributed by atoms with Gasteiger partial charge >= 0.3 is 24.0 Å². The first-order valence-corrected chi connectivity index (χ1v) is 6.01. The second-order valence-electron chi connectivity index (χ2n) is 4.41. The lowest BCUT2D eigenvalue weighted by atomic mass is 9.97. The summed E-state index contributed by atoms with van der Waals surface area (Å²) in [5.74, 6) is -9.32. The van der Waals surface area contributed by atoms with Crippen LogP contribution in [0.5, 0.6) is 0 Å². The average molecular weight is 303 g/mol. The van der Waals surface area contributed by atoms with E-state index in [1.165, 1.54) is 0 Å². The summed E-state index contributed by atoms with van der Waals surface area (Å²) >= 11 is 0. The number of hydrogen-bond donors (Lipinski definition) is 0. The summed E-state index contributed by atoms with van der Waals surface area (Å²) in [5.41, 5.74) is 0. The van der Waals surface area contributed by atoms with Crippen molar-refractivity contribution in [3.63, 3.8) is 0 Å². The van der Waals surface area contributed by atoms with Gasteiger partial charge in [-0.25, -0.2) is 0 Å². The van der Waals surface area contributed by atoms with Crippen LogP contribution in [0, 0.1) is 5.92 Å². The van der Waals surface area contributed by atoms with E-state index in [1.54, 1.807) is 6.92 Å². The van der Waals surface area contributed by atoms with E-state index in [1.807, 2.05) is 0 Å². The molecule has 0 radical (unpaired) electrons. The Morgan fingerprint density at radius 3 is 2.35 bits per heavy atom. The minimum atomic E-state index is -5.94. The molecule has 1 rings (SSSR count). The molecule has 0 N–H and O–H groups in total. The Bertz CT molecular complexity index is 383. The molecule has 0 aromatic rings. The summed E-state index contributed by atoms with van der Waals surface area (Å²) in [5, 5.41) is 0. The lowest BCUT2D eigenvalue weighted by Gasteiger charge is -2.34. The van der Waals surface area contributed by atoms with Crippen molar-refractivity contribution in [2.24, 2.45) is 5.92 Å². The van der Waals surface area contributed by atoms with Gasteiger partial charge in [0.2, 0.25) is 0 Å². The monoisotopic (exact) mass is 303 g/mol. The molecule has 1 aliphatic rings. The van der Waals surface area contributed by atoms with E-state index in [-0.39, 0.29) is 19.6 Å². The second-order valence-corrected chi connectivity index (χ2v) is 4.41. The van der Waals surface area contributed by atoms with Crippen LogP contribution in [0.15, 0.2) is 0 Å². The molecule has 0 aliphatic carbocycles. The fourth-order valence-corrected chi connectivity index (χ4v) is 1.93. The molecule has 9 heteroatoms. The minimum Gasteiger partial charge on any atom is -0.466 e. The van der Waals surface area contributed by atoms with Crippen molar-refractivity contribution in [3.05, 3.63) is 0 Å². The molecular formula is C11H14F5NO3. The first-order valence-electron chi connectivity index (χ1n) is 6.01. The highest BCUT2D eigenvalue weighted by atomic mass is 19.4. The first kappa shape index (κ1) is 16.6. The van der Waals surface area contributed by atoms with Gasteiger partial charge in [-0.2, -0.15) is 22.0 Å². The zero-order valence-electron chi connectivity index (χ0n) is 10.7. The molecule has 1 atom stereocenters. The van der Waals surface area contributed by atoms with Crippen molar-refractivity contribution < 1.29 is 36.3 Å². The van der Waals surface area contributed by atoms with Crippen molar-refractivity contribution in [3.8, 4) is 0 Å². The van der Waals surface area contributed by atoms with Crippen LogP contribution in [0.4, 0.5) is 22.0 Å². The van der Waals surface area contributed by atoms with Gasteiger partial charge in [-0.3, -0.25) is 9.59 Å². The number of carbonyl (C=O) groups is 2. The molecule has 0 saturated carbocycles. The van der Waals surface area contributed by atoms with Crippen LogP contribution in [-0.4, -0.2) is 48.6 Å². The number of piperidine rings is 1. The van der Waals surface area contributed by atoms with E-state index in [4.69, 9.17) is 0 Å². The zero-order valence-corrected chi connectivity index (χ0v) is 10.7. The molecule has 20 heavy (non-hydrogen) atoms. The maximum atomic E-state index is 13.0. The van der Waals surface area contributed by atoms with Gasteiger partial charge in [0, 0.05) is 13.1 Å². The Kier molecular flexibility index (Phi) is 4.93. The van der Waals surface area contributed by atoms with Crippen LogP contribution in [-0.2, 0) is 14.3 Å². The lowest BCUT2D eigenvalue weighted by molar-refractivity contribution is -0.274. The molecule has 1 aliphatic heterocycles. The molecule has 116 valence electrons. The maximum Gasteiger partial charge on any atom is 0.463 e. The summed E-state index contributed by atoms with van der Waals surface area (Å²) in [7, 11) is 0. The van der Waals surface area contributed by atoms with E-state index in [2.05, 4.69) is 4.74 Å². The van der Waals surface area contributed by atoms with Crippen LogP contribution >= 0.6 is 0 Å². The van der Waals surface area contributed by atoms with Gasteiger partial charge in [-0.15, -0.1) is 0 Å². The molecule has 4 nitrogen and oxygen atoms in total. The first-order chi connectivity index (χ1) is 9.11. The largest absolute Gasteiger partial charge is 0.466 e. The molecule has 1 saturated heterocycles. The second kappa shape index (κ2) is 5.92. The van der Waals surface area contributed by atoms with Crippen LogP contribution in [0.25, 0.3) is 0 Å². The molecule has 1 fully saturated rings. The van der Waals surface area contributed by atoms with Crippen LogP contribution in [0.3, 0.4) is 0 Å². The molecule has 0 unspecified atom stereocenters. The number of amides is 1.